The first kappa shape index (κ1) is 19.4. The summed E-state index contributed by atoms with van der Waals surface area (Å²) in [7, 11) is 0. The van der Waals surface area contributed by atoms with Crippen molar-refractivity contribution in [1.82, 2.24) is 40.0 Å². The highest BCUT2D eigenvalue weighted by molar-refractivity contribution is 5.83. The van der Waals surface area contributed by atoms with Gasteiger partial charge in [-0.25, -0.2) is 9.61 Å². The smallest absolute Gasteiger partial charge is 0.199 e. The van der Waals surface area contributed by atoms with E-state index < -0.39 is 0 Å². The minimum atomic E-state index is 0.255. The molecule has 2 saturated heterocycles. The molecule has 3 aromatic heterocycles. The number of fused-ring (bicyclic) bond motifs is 1. The van der Waals surface area contributed by atoms with Crippen molar-refractivity contribution < 1.29 is 4.63 Å². The number of hydrogen-bond donors (Lipinski definition) is 2. The molecule has 0 bridgehead atoms. The van der Waals surface area contributed by atoms with Crippen molar-refractivity contribution in [2.75, 3.05) is 45.0 Å². The fourth-order valence-electron chi connectivity index (χ4n) is 4.83. The largest absolute Gasteiger partial charge is 0.379 e. The lowest BCUT2D eigenvalue weighted by atomic mass is 10.1. The van der Waals surface area contributed by atoms with E-state index in [0.29, 0.717) is 17.6 Å². The average molecular weight is 412 g/mol. The highest BCUT2D eigenvalue weighted by Gasteiger charge is 2.28. The molecular formula is C20H29N9O. The molecule has 0 unspecified atom stereocenters. The van der Waals surface area contributed by atoms with Crippen LogP contribution in [0.5, 0.6) is 0 Å². The van der Waals surface area contributed by atoms with Gasteiger partial charge in [0.2, 0.25) is 0 Å². The van der Waals surface area contributed by atoms with Crippen molar-refractivity contribution in [3.8, 4) is 11.5 Å². The zero-order valence-corrected chi connectivity index (χ0v) is 17.4. The molecule has 0 radical (unpaired) electrons. The lowest BCUT2D eigenvalue weighted by Gasteiger charge is -2.33. The molecule has 0 aliphatic carbocycles. The van der Waals surface area contributed by atoms with Crippen LogP contribution in [0.1, 0.15) is 25.3 Å². The second-order valence-corrected chi connectivity index (χ2v) is 8.16. The molecule has 5 rings (SSSR count). The number of imidazole rings is 1. The number of aryl methyl sites for hydroxylation is 1. The number of nitrogens with one attached hydrogen (secondary N) is 1. The van der Waals surface area contributed by atoms with Gasteiger partial charge in [-0.05, 0) is 36.6 Å². The molecule has 10 nitrogen and oxygen atoms in total. The molecule has 0 aromatic carbocycles. The van der Waals surface area contributed by atoms with Gasteiger partial charge in [-0.1, -0.05) is 0 Å². The van der Waals surface area contributed by atoms with E-state index in [2.05, 4.69) is 41.9 Å². The van der Waals surface area contributed by atoms with Crippen LogP contribution in [0, 0.1) is 0 Å². The molecule has 3 N–H and O–H groups in total. The first-order valence-corrected chi connectivity index (χ1v) is 10.8. The quantitative estimate of drug-likeness (QED) is 0.612. The highest BCUT2D eigenvalue weighted by atomic mass is 16.6. The van der Waals surface area contributed by atoms with E-state index in [1.54, 1.807) is 6.20 Å². The number of piperazine rings is 1. The van der Waals surface area contributed by atoms with Gasteiger partial charge < -0.3 is 15.6 Å². The predicted molar refractivity (Wildman–Crippen MR) is 114 cm³/mol. The van der Waals surface area contributed by atoms with E-state index in [-0.39, 0.29) is 5.82 Å². The molecule has 160 valence electrons. The molecule has 0 amide bonds. The minimum Gasteiger partial charge on any atom is -0.379 e. The Kier molecular flexibility index (Phi) is 5.36. The molecule has 0 spiro atoms. The van der Waals surface area contributed by atoms with E-state index in [9.17, 15) is 0 Å². The Hall–Kier alpha value is -2.56. The number of pyridine rings is 1. The maximum Gasteiger partial charge on any atom is 0.199 e. The van der Waals surface area contributed by atoms with Crippen molar-refractivity contribution in [2.45, 2.75) is 38.9 Å². The number of nitrogen functional groups attached to an aromatic ring is 1. The minimum absolute atomic E-state index is 0.255. The summed E-state index contributed by atoms with van der Waals surface area (Å²) < 4.78 is 6.95. The predicted octanol–water partition coefficient (Wildman–Crippen LogP) is 0.953. The van der Waals surface area contributed by atoms with Crippen LogP contribution in [-0.4, -0.2) is 80.0 Å². The number of anilines is 1. The van der Waals surface area contributed by atoms with Gasteiger partial charge in [0.25, 0.3) is 0 Å². The fraction of sp³-hybridized carbons (Fsp3) is 0.600. The first-order valence-electron chi connectivity index (χ1n) is 10.8. The van der Waals surface area contributed by atoms with E-state index in [0.717, 1.165) is 63.4 Å². The summed E-state index contributed by atoms with van der Waals surface area (Å²) in [4.78, 5) is 14.4. The van der Waals surface area contributed by atoms with Crippen LogP contribution in [0.15, 0.2) is 17.0 Å². The number of aromatic nitrogens is 5. The summed E-state index contributed by atoms with van der Waals surface area (Å²) in [6, 6.07) is 0.589. The molecule has 5 heterocycles. The molecule has 3 aromatic rings. The van der Waals surface area contributed by atoms with Gasteiger partial charge >= 0.3 is 0 Å². The third-order valence-corrected chi connectivity index (χ3v) is 6.32. The van der Waals surface area contributed by atoms with E-state index in [1.807, 2.05) is 6.20 Å². The molecule has 2 aliphatic rings. The molecule has 0 saturated carbocycles. The van der Waals surface area contributed by atoms with Crippen LogP contribution in [0.25, 0.3) is 22.6 Å². The molecule has 2 aliphatic heterocycles. The Morgan fingerprint density at radius 3 is 2.83 bits per heavy atom. The molecular weight excluding hydrogens is 382 g/mol. The second-order valence-electron chi connectivity index (χ2n) is 8.16. The van der Waals surface area contributed by atoms with Crippen LogP contribution in [0.4, 0.5) is 5.82 Å². The molecule has 10 heteroatoms. The number of nitrogens with two attached hydrogens (primary N) is 1. The lowest BCUT2D eigenvalue weighted by molar-refractivity contribution is 0.155. The van der Waals surface area contributed by atoms with Crippen molar-refractivity contribution in [3.05, 3.63) is 18.0 Å². The Morgan fingerprint density at radius 1 is 1.20 bits per heavy atom. The average Bonchev–Trinajstić information content (AvgIpc) is 3.47. The first-order chi connectivity index (χ1) is 14.7. The Labute approximate surface area is 175 Å². The summed E-state index contributed by atoms with van der Waals surface area (Å²) in [6.07, 6.45) is 6.29. The van der Waals surface area contributed by atoms with Gasteiger partial charge in [-0.3, -0.25) is 14.8 Å². The van der Waals surface area contributed by atoms with Gasteiger partial charge in [0.15, 0.2) is 17.3 Å². The van der Waals surface area contributed by atoms with E-state index >= 15 is 0 Å². The maximum atomic E-state index is 5.94. The van der Waals surface area contributed by atoms with Gasteiger partial charge in [0, 0.05) is 63.6 Å². The van der Waals surface area contributed by atoms with Gasteiger partial charge in [0.05, 0.1) is 11.7 Å². The topological polar surface area (TPSA) is 114 Å². The summed E-state index contributed by atoms with van der Waals surface area (Å²) in [5.74, 6) is 0.935. The molecule has 30 heavy (non-hydrogen) atoms. The van der Waals surface area contributed by atoms with Gasteiger partial charge in [-0.2, -0.15) is 0 Å². The Balaban J connectivity index is 1.44. The van der Waals surface area contributed by atoms with Crippen molar-refractivity contribution >= 4 is 16.9 Å². The van der Waals surface area contributed by atoms with E-state index in [4.69, 9.17) is 15.3 Å². The number of nitrogens with zero attached hydrogens (tertiary/aromatic N) is 7. The van der Waals surface area contributed by atoms with Crippen LogP contribution < -0.4 is 11.1 Å². The number of hydrogen-bond acceptors (Lipinski definition) is 9. The SMILES string of the molecule is CCn1c(-c2nonc2N)nc2cncc(CN3CCC[C@@H]3CN3CCNCC3)c21. The van der Waals surface area contributed by atoms with Crippen molar-refractivity contribution in [3.63, 3.8) is 0 Å². The van der Waals surface area contributed by atoms with Gasteiger partial charge in [0.1, 0.15) is 5.52 Å². The van der Waals surface area contributed by atoms with Crippen molar-refractivity contribution in [1.29, 1.82) is 0 Å². The fourth-order valence-corrected chi connectivity index (χ4v) is 4.83. The molecule has 1 atom stereocenters. The zero-order valence-electron chi connectivity index (χ0n) is 17.4. The third kappa shape index (κ3) is 3.55. The monoisotopic (exact) mass is 411 g/mol. The summed E-state index contributed by atoms with van der Waals surface area (Å²) in [6.45, 7) is 10.5. The number of likely N-dealkylation sites (tertiary alicyclic amines) is 1. The maximum absolute atomic E-state index is 5.94. The summed E-state index contributed by atoms with van der Waals surface area (Å²) in [5, 5.41) is 11.1. The lowest BCUT2D eigenvalue weighted by Crippen LogP contribution is -2.48. The van der Waals surface area contributed by atoms with Crippen LogP contribution >= 0.6 is 0 Å². The Morgan fingerprint density at radius 2 is 2.07 bits per heavy atom. The van der Waals surface area contributed by atoms with Crippen molar-refractivity contribution in [2.24, 2.45) is 0 Å². The van der Waals surface area contributed by atoms with Crippen LogP contribution in [0.3, 0.4) is 0 Å². The van der Waals surface area contributed by atoms with Crippen LogP contribution in [0.2, 0.25) is 0 Å². The molecule has 2 fully saturated rings. The second kappa shape index (κ2) is 8.29. The van der Waals surface area contributed by atoms with Crippen LogP contribution in [-0.2, 0) is 13.1 Å². The zero-order chi connectivity index (χ0) is 20.5. The Bertz CT molecular complexity index is 1010. The summed E-state index contributed by atoms with van der Waals surface area (Å²) >= 11 is 0. The van der Waals surface area contributed by atoms with Gasteiger partial charge in [-0.15, -0.1) is 0 Å². The van der Waals surface area contributed by atoms with E-state index in [1.165, 1.54) is 18.4 Å². The highest BCUT2D eigenvalue weighted by Crippen LogP contribution is 2.30. The number of rotatable bonds is 6. The normalized spacial score (nSPS) is 21.0. The third-order valence-electron chi connectivity index (χ3n) is 6.32. The summed E-state index contributed by atoms with van der Waals surface area (Å²) in [5.41, 5.74) is 9.56. The standard InChI is InChI=1S/C20H29N9O/c1-2-29-18-14(10-23-11-16(18)24-20(29)17-19(21)26-30-25-17)12-28-7-3-4-15(28)13-27-8-5-22-6-9-27/h10-11,15,22H,2-9,12-13H2,1H3,(H2,21,26)/t15-/m1/s1.